The maximum absolute atomic E-state index is 12.3. The quantitative estimate of drug-likeness (QED) is 0.832. The molecule has 0 unspecified atom stereocenters. The van der Waals surface area contributed by atoms with Crippen molar-refractivity contribution < 1.29 is 14.3 Å². The number of amides is 1. The highest BCUT2D eigenvalue weighted by Gasteiger charge is 2.24. The van der Waals surface area contributed by atoms with Crippen LogP contribution in [0.25, 0.3) is 10.1 Å². The third kappa shape index (κ3) is 3.22. The molecule has 1 aliphatic rings. The van der Waals surface area contributed by atoms with E-state index in [1.807, 2.05) is 18.2 Å². The first-order valence-electron chi connectivity index (χ1n) is 8.07. The molecule has 2 heterocycles. The Morgan fingerprint density at radius 1 is 1.33 bits per heavy atom. The predicted octanol–water partition coefficient (Wildman–Crippen LogP) is 2.45. The maximum Gasteiger partial charge on any atom is 0.350 e. The minimum Gasteiger partial charge on any atom is -0.462 e. The van der Waals surface area contributed by atoms with Crippen LogP contribution in [0.4, 0.5) is 11.4 Å². The second-order valence-electron chi connectivity index (χ2n) is 5.60. The number of ether oxygens (including phenoxy) is 1. The topological polar surface area (TPSA) is 70.7 Å². The van der Waals surface area contributed by atoms with Crippen LogP contribution in [0.5, 0.6) is 0 Å². The summed E-state index contributed by atoms with van der Waals surface area (Å²) in [5.74, 6) is -0.593. The lowest BCUT2D eigenvalue weighted by Gasteiger charge is -2.30. The van der Waals surface area contributed by atoms with E-state index in [0.717, 1.165) is 42.0 Å². The number of carbonyl (C=O) groups excluding carboxylic acids is 2. The Kier molecular flexibility index (Phi) is 5.01. The molecule has 0 saturated carbocycles. The predicted molar refractivity (Wildman–Crippen MR) is 97.2 cm³/mol. The monoisotopic (exact) mass is 347 g/mol. The highest BCUT2D eigenvalue weighted by Crippen LogP contribution is 2.42. The number of nitrogens with one attached hydrogen (secondary N) is 2. The fraction of sp³-hybridized carbons (Fsp3) is 0.412. The van der Waals surface area contributed by atoms with Crippen molar-refractivity contribution >= 4 is 44.7 Å². The van der Waals surface area contributed by atoms with Crippen LogP contribution in [0, 0.1) is 0 Å². The Balaban J connectivity index is 2.15. The summed E-state index contributed by atoms with van der Waals surface area (Å²) in [5.41, 5.74) is 1.61. The Morgan fingerprint density at radius 3 is 2.75 bits per heavy atom. The third-order valence-electron chi connectivity index (χ3n) is 3.91. The molecule has 0 aliphatic carbocycles. The van der Waals surface area contributed by atoms with Gasteiger partial charge in [0.25, 0.3) is 0 Å². The Bertz CT molecular complexity index is 766. The molecular weight excluding hydrogens is 326 g/mol. The second kappa shape index (κ2) is 7.19. The van der Waals surface area contributed by atoms with Gasteiger partial charge in [0.2, 0.25) is 5.91 Å². The van der Waals surface area contributed by atoms with Crippen LogP contribution in [0.1, 0.15) is 23.5 Å². The lowest BCUT2D eigenvalue weighted by Crippen LogP contribution is -2.43. The van der Waals surface area contributed by atoms with Crippen LogP contribution in [0.15, 0.2) is 18.2 Å². The number of hydrogen-bond acceptors (Lipinski definition) is 6. The summed E-state index contributed by atoms with van der Waals surface area (Å²) in [6.45, 7) is 7.15. The Hall–Kier alpha value is -2.12. The van der Waals surface area contributed by atoms with Gasteiger partial charge in [0.1, 0.15) is 4.88 Å². The molecule has 1 aliphatic heterocycles. The van der Waals surface area contributed by atoms with Crippen LogP contribution in [-0.4, -0.2) is 44.7 Å². The first-order valence-corrected chi connectivity index (χ1v) is 8.89. The first kappa shape index (κ1) is 16.7. The molecule has 1 aromatic heterocycles. The van der Waals surface area contributed by atoms with E-state index in [-0.39, 0.29) is 5.91 Å². The summed E-state index contributed by atoms with van der Waals surface area (Å²) in [5, 5.41) is 7.10. The zero-order chi connectivity index (χ0) is 17.1. The minimum atomic E-state index is -0.395. The average molecular weight is 347 g/mol. The van der Waals surface area contributed by atoms with Crippen LogP contribution in [0.2, 0.25) is 0 Å². The summed E-state index contributed by atoms with van der Waals surface area (Å²) in [6.07, 6.45) is 0. The molecule has 2 N–H and O–H groups in total. The van der Waals surface area contributed by atoms with Gasteiger partial charge in [-0.1, -0.05) is 6.07 Å². The Labute approximate surface area is 144 Å². The van der Waals surface area contributed by atoms with Gasteiger partial charge in [-0.15, -0.1) is 11.3 Å². The van der Waals surface area contributed by atoms with Crippen LogP contribution >= 0.6 is 11.3 Å². The molecule has 0 bridgehead atoms. The largest absolute Gasteiger partial charge is 0.462 e. The van der Waals surface area contributed by atoms with E-state index in [2.05, 4.69) is 15.5 Å². The Morgan fingerprint density at radius 2 is 2.08 bits per heavy atom. The maximum atomic E-state index is 12.3. The molecule has 0 radical (unpaired) electrons. The SMILES string of the molecule is CCOC(=O)c1sc2cccc(N3CCNCC3)c2c1NC(C)=O. The highest BCUT2D eigenvalue weighted by molar-refractivity contribution is 7.21. The van der Waals surface area contributed by atoms with Gasteiger partial charge in [0.05, 0.1) is 12.3 Å². The van der Waals surface area contributed by atoms with Gasteiger partial charge in [-0.3, -0.25) is 4.79 Å². The number of benzene rings is 1. The van der Waals surface area contributed by atoms with Gasteiger partial charge in [-0.25, -0.2) is 4.79 Å². The molecule has 1 fully saturated rings. The molecule has 1 aromatic carbocycles. The highest BCUT2D eigenvalue weighted by atomic mass is 32.1. The van der Waals surface area contributed by atoms with Gasteiger partial charge in [0, 0.05) is 48.9 Å². The standard InChI is InChI=1S/C17H21N3O3S/c1-3-23-17(22)16-15(19-11(2)21)14-12(5-4-6-13(14)24-16)20-9-7-18-8-10-20/h4-6,18H,3,7-10H2,1-2H3,(H,19,21). The zero-order valence-electron chi connectivity index (χ0n) is 13.8. The number of anilines is 2. The van der Waals surface area contributed by atoms with Crippen molar-refractivity contribution in [1.29, 1.82) is 0 Å². The van der Waals surface area contributed by atoms with Crippen molar-refractivity contribution in [1.82, 2.24) is 5.32 Å². The molecular formula is C17H21N3O3S. The smallest absolute Gasteiger partial charge is 0.350 e. The van der Waals surface area contributed by atoms with Crippen molar-refractivity contribution in [3.8, 4) is 0 Å². The normalized spacial score (nSPS) is 14.7. The summed E-state index contributed by atoms with van der Waals surface area (Å²) >= 11 is 1.36. The van der Waals surface area contributed by atoms with E-state index < -0.39 is 5.97 Å². The number of hydrogen-bond donors (Lipinski definition) is 2. The molecule has 1 amide bonds. The third-order valence-corrected chi connectivity index (χ3v) is 5.05. The minimum absolute atomic E-state index is 0.199. The lowest BCUT2D eigenvalue weighted by molar-refractivity contribution is -0.114. The van der Waals surface area contributed by atoms with E-state index in [0.29, 0.717) is 17.2 Å². The number of nitrogens with zero attached hydrogens (tertiary/aromatic N) is 1. The molecule has 1 saturated heterocycles. The van der Waals surface area contributed by atoms with E-state index in [4.69, 9.17) is 4.74 Å². The van der Waals surface area contributed by atoms with Gasteiger partial charge in [0.15, 0.2) is 0 Å². The fourth-order valence-corrected chi connectivity index (χ4v) is 4.01. The molecule has 6 nitrogen and oxygen atoms in total. The lowest BCUT2D eigenvalue weighted by atomic mass is 10.1. The number of fused-ring (bicyclic) bond motifs is 1. The summed E-state index contributed by atoms with van der Waals surface area (Å²) in [6, 6.07) is 6.00. The van der Waals surface area contributed by atoms with Gasteiger partial charge in [-0.2, -0.15) is 0 Å². The van der Waals surface area contributed by atoms with E-state index in [9.17, 15) is 9.59 Å². The molecule has 7 heteroatoms. The molecule has 24 heavy (non-hydrogen) atoms. The molecule has 2 aromatic rings. The summed E-state index contributed by atoms with van der Waals surface area (Å²) in [7, 11) is 0. The number of thiophene rings is 1. The van der Waals surface area contributed by atoms with Crippen LogP contribution in [0.3, 0.4) is 0 Å². The molecule has 3 rings (SSSR count). The first-order chi connectivity index (χ1) is 11.6. The second-order valence-corrected chi connectivity index (χ2v) is 6.65. The number of carbonyl (C=O) groups is 2. The summed E-state index contributed by atoms with van der Waals surface area (Å²) in [4.78, 5) is 26.7. The van der Waals surface area contributed by atoms with Crippen LogP contribution < -0.4 is 15.5 Å². The van der Waals surface area contributed by atoms with Gasteiger partial charge >= 0.3 is 5.97 Å². The number of piperazine rings is 1. The van der Waals surface area contributed by atoms with Gasteiger partial charge < -0.3 is 20.3 Å². The van der Waals surface area contributed by atoms with E-state index in [1.54, 1.807) is 6.92 Å². The fourth-order valence-electron chi connectivity index (χ4n) is 2.94. The number of rotatable bonds is 4. The van der Waals surface area contributed by atoms with Crippen molar-refractivity contribution in [3.63, 3.8) is 0 Å². The van der Waals surface area contributed by atoms with Crippen LogP contribution in [-0.2, 0) is 9.53 Å². The van der Waals surface area contributed by atoms with Crippen molar-refractivity contribution in [2.45, 2.75) is 13.8 Å². The zero-order valence-corrected chi connectivity index (χ0v) is 14.7. The summed E-state index contributed by atoms with van der Waals surface area (Å²) < 4.78 is 6.13. The van der Waals surface area contributed by atoms with E-state index in [1.165, 1.54) is 18.3 Å². The molecule has 0 atom stereocenters. The molecule has 128 valence electrons. The van der Waals surface area contributed by atoms with Crippen molar-refractivity contribution in [2.24, 2.45) is 0 Å². The van der Waals surface area contributed by atoms with Crippen molar-refractivity contribution in [3.05, 3.63) is 23.1 Å². The van der Waals surface area contributed by atoms with Gasteiger partial charge in [-0.05, 0) is 19.1 Å². The average Bonchev–Trinajstić information content (AvgIpc) is 2.94. The van der Waals surface area contributed by atoms with Crippen molar-refractivity contribution in [2.75, 3.05) is 43.0 Å². The molecule has 0 spiro atoms. The number of esters is 1. The van der Waals surface area contributed by atoms with E-state index >= 15 is 0 Å².